The lowest BCUT2D eigenvalue weighted by Gasteiger charge is -2.30. The van der Waals surface area contributed by atoms with Gasteiger partial charge in [-0.3, -0.25) is 9.69 Å². The van der Waals surface area contributed by atoms with E-state index in [9.17, 15) is 9.59 Å². The zero-order chi connectivity index (χ0) is 20.8. The first-order chi connectivity index (χ1) is 12.4. The molecule has 152 valence electrons. The molecule has 0 aliphatic rings. The molecule has 0 aromatic heterocycles. The van der Waals surface area contributed by atoms with Crippen LogP contribution in [0.4, 0.5) is 4.79 Å². The average molecular weight is 419 g/mol. The summed E-state index contributed by atoms with van der Waals surface area (Å²) in [6.45, 7) is 9.39. The van der Waals surface area contributed by atoms with Gasteiger partial charge in [0.1, 0.15) is 12.1 Å². The van der Waals surface area contributed by atoms with Crippen LogP contribution in [-0.4, -0.2) is 49.3 Å². The Kier molecular flexibility index (Phi) is 8.39. The van der Waals surface area contributed by atoms with Gasteiger partial charge in [-0.15, -0.1) is 0 Å². The normalized spacial score (nSPS) is 11.9. The Bertz CT molecular complexity index is 672. The third-order valence-electron chi connectivity index (χ3n) is 3.64. The Labute approximate surface area is 171 Å². The van der Waals surface area contributed by atoms with Gasteiger partial charge in [-0.05, 0) is 52.3 Å². The van der Waals surface area contributed by atoms with Crippen molar-refractivity contribution in [1.29, 1.82) is 0 Å². The Hall–Kier alpha value is -1.50. The average Bonchev–Trinajstić information content (AvgIpc) is 2.51. The Morgan fingerprint density at radius 3 is 2.26 bits per heavy atom. The number of amides is 2. The molecule has 8 heteroatoms. The highest BCUT2D eigenvalue weighted by atomic mass is 35.5. The number of hydrogen-bond acceptors (Lipinski definition) is 4. The van der Waals surface area contributed by atoms with Gasteiger partial charge in [0.15, 0.2) is 0 Å². The Morgan fingerprint density at radius 2 is 1.74 bits per heavy atom. The first-order valence-electron chi connectivity index (χ1n) is 8.59. The minimum Gasteiger partial charge on any atom is -0.444 e. The summed E-state index contributed by atoms with van der Waals surface area (Å²) in [5, 5.41) is 3.76. The highest BCUT2D eigenvalue weighted by Gasteiger charge is 2.27. The van der Waals surface area contributed by atoms with Crippen LogP contribution in [0, 0.1) is 0 Å². The molecule has 1 N–H and O–H groups in total. The third kappa shape index (κ3) is 7.95. The zero-order valence-electron chi connectivity index (χ0n) is 16.7. The van der Waals surface area contributed by atoms with E-state index in [0.717, 1.165) is 5.56 Å². The number of hydrogen-bond donors (Lipinski definition) is 1. The third-order valence-corrected chi connectivity index (χ3v) is 4.38. The maximum Gasteiger partial charge on any atom is 0.410 e. The van der Waals surface area contributed by atoms with E-state index in [-0.39, 0.29) is 19.0 Å². The molecule has 2 amide bonds. The molecule has 27 heavy (non-hydrogen) atoms. The smallest absolute Gasteiger partial charge is 0.410 e. The van der Waals surface area contributed by atoms with Gasteiger partial charge in [-0.1, -0.05) is 29.3 Å². The van der Waals surface area contributed by atoms with E-state index in [1.807, 2.05) is 13.8 Å². The number of methoxy groups -OCH3 is 1. The van der Waals surface area contributed by atoms with E-state index in [1.54, 1.807) is 39.0 Å². The standard InChI is InChI=1S/C19H28Cl2N2O4/c1-18(2,3)27-17(25)23(9-10-26-6)12-16(24)22-19(4,5)13-7-8-14(20)15(21)11-13/h7-8,11H,9-10,12H2,1-6H3,(H,22,24). The molecular formula is C19H28Cl2N2O4. The van der Waals surface area contributed by atoms with E-state index in [0.29, 0.717) is 16.7 Å². The van der Waals surface area contributed by atoms with E-state index in [1.165, 1.54) is 12.0 Å². The lowest BCUT2D eigenvalue weighted by atomic mass is 9.94. The summed E-state index contributed by atoms with van der Waals surface area (Å²) in [5.74, 6) is -0.326. The molecule has 1 aromatic carbocycles. The van der Waals surface area contributed by atoms with Crippen molar-refractivity contribution in [1.82, 2.24) is 10.2 Å². The fraction of sp³-hybridized carbons (Fsp3) is 0.579. The molecule has 0 spiro atoms. The molecule has 1 rings (SSSR count). The van der Waals surface area contributed by atoms with Gasteiger partial charge in [0.2, 0.25) is 5.91 Å². The number of carbonyl (C=O) groups excluding carboxylic acids is 2. The second-order valence-electron chi connectivity index (χ2n) is 7.70. The van der Waals surface area contributed by atoms with Gasteiger partial charge in [0.05, 0.1) is 22.2 Å². The predicted octanol–water partition coefficient (Wildman–Crippen LogP) is 4.23. The van der Waals surface area contributed by atoms with E-state index < -0.39 is 17.2 Å². The first-order valence-corrected chi connectivity index (χ1v) is 9.34. The monoisotopic (exact) mass is 418 g/mol. The molecule has 0 atom stereocenters. The maximum atomic E-state index is 12.6. The zero-order valence-corrected chi connectivity index (χ0v) is 18.2. The van der Waals surface area contributed by atoms with Crippen molar-refractivity contribution >= 4 is 35.2 Å². The van der Waals surface area contributed by atoms with Gasteiger partial charge in [0.25, 0.3) is 0 Å². The van der Waals surface area contributed by atoms with Crippen LogP contribution in [0.2, 0.25) is 10.0 Å². The van der Waals surface area contributed by atoms with E-state index in [4.69, 9.17) is 32.7 Å². The molecule has 0 saturated heterocycles. The van der Waals surface area contributed by atoms with E-state index in [2.05, 4.69) is 5.32 Å². The second kappa shape index (κ2) is 9.62. The quantitative estimate of drug-likeness (QED) is 0.719. The fourth-order valence-corrected chi connectivity index (χ4v) is 2.58. The van der Waals surface area contributed by atoms with Gasteiger partial charge in [-0.25, -0.2) is 4.79 Å². The molecule has 0 heterocycles. The van der Waals surface area contributed by atoms with Gasteiger partial charge < -0.3 is 14.8 Å². The van der Waals surface area contributed by atoms with Crippen LogP contribution >= 0.6 is 23.2 Å². The molecule has 0 unspecified atom stereocenters. The Morgan fingerprint density at radius 1 is 1.11 bits per heavy atom. The van der Waals surface area contributed by atoms with Gasteiger partial charge in [-0.2, -0.15) is 0 Å². The predicted molar refractivity (Wildman–Crippen MR) is 107 cm³/mol. The number of halogens is 2. The van der Waals surface area contributed by atoms with Gasteiger partial charge >= 0.3 is 6.09 Å². The summed E-state index contributed by atoms with van der Waals surface area (Å²) in [4.78, 5) is 26.2. The minimum atomic E-state index is -0.702. The highest BCUT2D eigenvalue weighted by molar-refractivity contribution is 6.42. The summed E-state index contributed by atoms with van der Waals surface area (Å²) >= 11 is 12.0. The molecule has 0 fully saturated rings. The molecule has 0 bridgehead atoms. The highest BCUT2D eigenvalue weighted by Crippen LogP contribution is 2.28. The van der Waals surface area contributed by atoms with Crippen LogP contribution in [-0.2, 0) is 19.8 Å². The lowest BCUT2D eigenvalue weighted by molar-refractivity contribution is -0.124. The van der Waals surface area contributed by atoms with Crippen molar-refractivity contribution in [2.45, 2.75) is 45.8 Å². The fourth-order valence-electron chi connectivity index (χ4n) is 2.28. The Balaban J connectivity index is 2.84. The molecule has 1 aromatic rings. The summed E-state index contributed by atoms with van der Waals surface area (Å²) < 4.78 is 10.4. The number of nitrogens with zero attached hydrogens (tertiary/aromatic N) is 1. The SMILES string of the molecule is COCCN(CC(=O)NC(C)(C)c1ccc(Cl)c(Cl)c1)C(=O)OC(C)(C)C. The molecule has 0 saturated carbocycles. The van der Waals surface area contributed by atoms with Crippen molar-refractivity contribution in [3.8, 4) is 0 Å². The second-order valence-corrected chi connectivity index (χ2v) is 8.51. The van der Waals surface area contributed by atoms with Crippen molar-refractivity contribution in [3.63, 3.8) is 0 Å². The molecular weight excluding hydrogens is 391 g/mol. The number of benzene rings is 1. The van der Waals surface area contributed by atoms with Crippen molar-refractivity contribution in [2.24, 2.45) is 0 Å². The van der Waals surface area contributed by atoms with Crippen LogP contribution in [0.3, 0.4) is 0 Å². The van der Waals surface area contributed by atoms with Crippen LogP contribution in [0.1, 0.15) is 40.2 Å². The van der Waals surface area contributed by atoms with Crippen LogP contribution in [0.15, 0.2) is 18.2 Å². The molecule has 0 radical (unpaired) electrons. The van der Waals surface area contributed by atoms with Gasteiger partial charge in [0, 0.05) is 13.7 Å². The van der Waals surface area contributed by atoms with Crippen molar-refractivity contribution in [2.75, 3.05) is 26.8 Å². The number of nitrogens with one attached hydrogen (secondary N) is 1. The first kappa shape index (κ1) is 23.5. The number of rotatable bonds is 7. The summed E-state index contributed by atoms with van der Waals surface area (Å²) in [5.41, 5.74) is -0.560. The van der Waals surface area contributed by atoms with Crippen LogP contribution < -0.4 is 5.32 Å². The summed E-state index contributed by atoms with van der Waals surface area (Å²) in [7, 11) is 1.53. The summed E-state index contributed by atoms with van der Waals surface area (Å²) in [6, 6.07) is 5.19. The van der Waals surface area contributed by atoms with Crippen LogP contribution in [0.5, 0.6) is 0 Å². The number of ether oxygens (including phenoxy) is 2. The molecule has 0 aliphatic heterocycles. The minimum absolute atomic E-state index is 0.150. The molecule has 0 aliphatic carbocycles. The number of carbonyl (C=O) groups is 2. The largest absolute Gasteiger partial charge is 0.444 e. The summed E-state index contributed by atoms with van der Waals surface area (Å²) in [6.07, 6.45) is -0.568. The van der Waals surface area contributed by atoms with E-state index >= 15 is 0 Å². The lowest BCUT2D eigenvalue weighted by Crippen LogP contribution is -2.49. The van der Waals surface area contributed by atoms with Crippen LogP contribution in [0.25, 0.3) is 0 Å². The maximum absolute atomic E-state index is 12.6. The van der Waals surface area contributed by atoms with Crippen molar-refractivity contribution in [3.05, 3.63) is 33.8 Å². The topological polar surface area (TPSA) is 67.9 Å². The molecule has 6 nitrogen and oxygen atoms in total. The van der Waals surface area contributed by atoms with Crippen molar-refractivity contribution < 1.29 is 19.1 Å².